The van der Waals surface area contributed by atoms with Crippen LogP contribution in [0, 0.1) is 0 Å². The third kappa shape index (κ3) is 3.05. The summed E-state index contributed by atoms with van der Waals surface area (Å²) in [6.07, 6.45) is 1.61. The number of hydrogen-bond donors (Lipinski definition) is 1. The molecular formula is C14H14N2OS. The van der Waals surface area contributed by atoms with Gasteiger partial charge in [0.25, 0.3) is 0 Å². The fourth-order valence-corrected chi connectivity index (χ4v) is 1.71. The van der Waals surface area contributed by atoms with Gasteiger partial charge in [-0.25, -0.2) is 4.98 Å². The lowest BCUT2D eigenvalue weighted by Crippen LogP contribution is -2.11. The van der Waals surface area contributed by atoms with Crippen LogP contribution in [0.5, 0.6) is 5.75 Å². The minimum Gasteiger partial charge on any atom is -0.484 e. The highest BCUT2D eigenvalue weighted by molar-refractivity contribution is 7.80. The largest absolute Gasteiger partial charge is 0.484 e. The SMILES string of the molecule is CC(Oc1ccc(C(N)=S)nc1)c1ccccc1. The maximum absolute atomic E-state index is 5.79. The van der Waals surface area contributed by atoms with Gasteiger partial charge in [0.1, 0.15) is 16.8 Å². The number of thiocarbonyl (C=S) groups is 1. The third-order valence-electron chi connectivity index (χ3n) is 2.57. The molecule has 1 heterocycles. The van der Waals surface area contributed by atoms with E-state index in [9.17, 15) is 0 Å². The zero-order chi connectivity index (χ0) is 13.0. The molecule has 0 fully saturated rings. The molecule has 1 unspecified atom stereocenters. The van der Waals surface area contributed by atoms with Crippen molar-refractivity contribution in [1.82, 2.24) is 4.98 Å². The summed E-state index contributed by atoms with van der Waals surface area (Å²) in [7, 11) is 0. The van der Waals surface area contributed by atoms with Crippen LogP contribution in [-0.4, -0.2) is 9.97 Å². The minimum absolute atomic E-state index is 0.0244. The Bertz CT molecular complexity index is 525. The van der Waals surface area contributed by atoms with Crippen LogP contribution >= 0.6 is 12.2 Å². The molecule has 0 radical (unpaired) electrons. The predicted molar refractivity (Wildman–Crippen MR) is 75.6 cm³/mol. The molecule has 1 aromatic carbocycles. The Morgan fingerprint density at radius 2 is 1.94 bits per heavy atom. The smallest absolute Gasteiger partial charge is 0.138 e. The zero-order valence-corrected chi connectivity index (χ0v) is 10.9. The van der Waals surface area contributed by atoms with Crippen molar-refractivity contribution in [3.63, 3.8) is 0 Å². The fourth-order valence-electron chi connectivity index (χ4n) is 1.59. The standard InChI is InChI=1S/C14H14N2OS/c1-10(11-5-3-2-4-6-11)17-12-7-8-13(14(15)18)16-9-12/h2-10H,1H3,(H2,15,18). The quantitative estimate of drug-likeness (QED) is 0.857. The molecule has 0 aliphatic rings. The lowest BCUT2D eigenvalue weighted by atomic mass is 10.1. The predicted octanol–water partition coefficient (Wildman–Crippen LogP) is 2.86. The molecule has 2 aromatic rings. The summed E-state index contributed by atoms with van der Waals surface area (Å²) in [5, 5.41) is 0. The average molecular weight is 258 g/mol. The first-order valence-electron chi connectivity index (χ1n) is 5.64. The third-order valence-corrected chi connectivity index (χ3v) is 2.78. The molecule has 0 saturated heterocycles. The van der Waals surface area contributed by atoms with Crippen LogP contribution in [0.2, 0.25) is 0 Å². The first-order valence-corrected chi connectivity index (χ1v) is 6.05. The van der Waals surface area contributed by atoms with Crippen LogP contribution in [0.1, 0.15) is 24.3 Å². The first-order chi connectivity index (χ1) is 8.66. The highest BCUT2D eigenvalue weighted by atomic mass is 32.1. The van der Waals surface area contributed by atoms with E-state index in [1.165, 1.54) is 0 Å². The van der Waals surface area contributed by atoms with Crippen LogP contribution in [0.3, 0.4) is 0 Å². The van der Waals surface area contributed by atoms with E-state index in [0.29, 0.717) is 11.4 Å². The first kappa shape index (κ1) is 12.5. The molecule has 18 heavy (non-hydrogen) atoms. The summed E-state index contributed by atoms with van der Waals surface area (Å²) >= 11 is 4.84. The number of pyridine rings is 1. The molecule has 4 heteroatoms. The zero-order valence-electron chi connectivity index (χ0n) is 10.0. The molecule has 0 aliphatic heterocycles. The second-order valence-corrected chi connectivity index (χ2v) is 4.35. The summed E-state index contributed by atoms with van der Waals surface area (Å²) in [5.74, 6) is 0.700. The van der Waals surface area contributed by atoms with Gasteiger partial charge in [-0.05, 0) is 24.6 Å². The van der Waals surface area contributed by atoms with E-state index in [4.69, 9.17) is 22.7 Å². The van der Waals surface area contributed by atoms with Crippen molar-refractivity contribution in [1.29, 1.82) is 0 Å². The van der Waals surface area contributed by atoms with Crippen molar-refractivity contribution in [2.75, 3.05) is 0 Å². The number of rotatable bonds is 4. The Balaban J connectivity index is 2.08. The lowest BCUT2D eigenvalue weighted by molar-refractivity contribution is 0.226. The normalized spacial score (nSPS) is 11.8. The van der Waals surface area contributed by atoms with Gasteiger partial charge in [-0.3, -0.25) is 0 Å². The molecule has 0 bridgehead atoms. The average Bonchev–Trinajstić information content (AvgIpc) is 2.40. The van der Waals surface area contributed by atoms with Crippen LogP contribution in [0.15, 0.2) is 48.7 Å². The van der Waals surface area contributed by atoms with Crippen LogP contribution in [-0.2, 0) is 0 Å². The van der Waals surface area contributed by atoms with Gasteiger partial charge >= 0.3 is 0 Å². The van der Waals surface area contributed by atoms with Crippen molar-refractivity contribution in [2.24, 2.45) is 5.73 Å². The lowest BCUT2D eigenvalue weighted by Gasteiger charge is -2.14. The van der Waals surface area contributed by atoms with E-state index in [-0.39, 0.29) is 11.1 Å². The minimum atomic E-state index is -0.0244. The second-order valence-electron chi connectivity index (χ2n) is 3.91. The molecule has 1 atom stereocenters. The van der Waals surface area contributed by atoms with Gasteiger partial charge < -0.3 is 10.5 Å². The van der Waals surface area contributed by atoms with Gasteiger partial charge in [0.05, 0.1) is 11.9 Å². The van der Waals surface area contributed by atoms with Crippen molar-refractivity contribution in [3.8, 4) is 5.75 Å². The van der Waals surface area contributed by atoms with Gasteiger partial charge in [-0.15, -0.1) is 0 Å². The monoisotopic (exact) mass is 258 g/mol. The van der Waals surface area contributed by atoms with Gasteiger partial charge in [-0.2, -0.15) is 0 Å². The Labute approximate surface area is 112 Å². The van der Waals surface area contributed by atoms with E-state index in [0.717, 1.165) is 5.56 Å². The number of hydrogen-bond acceptors (Lipinski definition) is 3. The topological polar surface area (TPSA) is 48.1 Å². The van der Waals surface area contributed by atoms with Gasteiger partial charge in [-0.1, -0.05) is 42.5 Å². The fraction of sp³-hybridized carbons (Fsp3) is 0.143. The summed E-state index contributed by atoms with van der Waals surface area (Å²) in [4.78, 5) is 4.42. The van der Waals surface area contributed by atoms with Crippen molar-refractivity contribution >= 4 is 17.2 Å². The van der Waals surface area contributed by atoms with Crippen molar-refractivity contribution in [2.45, 2.75) is 13.0 Å². The van der Waals surface area contributed by atoms with Crippen LogP contribution in [0.25, 0.3) is 0 Å². The molecule has 0 spiro atoms. The highest BCUT2D eigenvalue weighted by Gasteiger charge is 2.07. The molecule has 0 aliphatic carbocycles. The number of ether oxygens (including phenoxy) is 1. The van der Waals surface area contributed by atoms with Crippen molar-refractivity contribution in [3.05, 3.63) is 59.9 Å². The molecular weight excluding hydrogens is 244 g/mol. The second kappa shape index (κ2) is 5.60. The molecule has 0 amide bonds. The maximum atomic E-state index is 5.79. The Hall–Kier alpha value is -1.94. The molecule has 3 nitrogen and oxygen atoms in total. The molecule has 0 saturated carbocycles. The molecule has 2 rings (SSSR count). The summed E-state index contributed by atoms with van der Waals surface area (Å²) in [6, 6.07) is 13.6. The summed E-state index contributed by atoms with van der Waals surface area (Å²) in [6.45, 7) is 2.00. The van der Waals surface area contributed by atoms with E-state index < -0.39 is 0 Å². The van der Waals surface area contributed by atoms with E-state index in [1.54, 1.807) is 12.3 Å². The van der Waals surface area contributed by atoms with Crippen LogP contribution in [0.4, 0.5) is 0 Å². The molecule has 1 aromatic heterocycles. The van der Waals surface area contributed by atoms with Gasteiger partial charge in [0.2, 0.25) is 0 Å². The van der Waals surface area contributed by atoms with E-state index in [1.807, 2.05) is 43.3 Å². The van der Waals surface area contributed by atoms with E-state index >= 15 is 0 Å². The maximum Gasteiger partial charge on any atom is 0.138 e. The Morgan fingerprint density at radius 1 is 1.22 bits per heavy atom. The number of aromatic nitrogens is 1. The molecule has 92 valence electrons. The number of benzene rings is 1. The molecule has 2 N–H and O–H groups in total. The number of nitrogens with zero attached hydrogens (tertiary/aromatic N) is 1. The number of nitrogens with two attached hydrogens (primary N) is 1. The van der Waals surface area contributed by atoms with Crippen LogP contribution < -0.4 is 10.5 Å². The van der Waals surface area contributed by atoms with E-state index in [2.05, 4.69) is 4.98 Å². The van der Waals surface area contributed by atoms with Crippen molar-refractivity contribution < 1.29 is 4.74 Å². The van der Waals surface area contributed by atoms with Gasteiger partial charge in [0, 0.05) is 0 Å². The summed E-state index contributed by atoms with van der Waals surface area (Å²) < 4.78 is 5.79. The van der Waals surface area contributed by atoms with Gasteiger partial charge in [0.15, 0.2) is 0 Å². The Kier molecular flexibility index (Phi) is 3.89. The highest BCUT2D eigenvalue weighted by Crippen LogP contribution is 2.20. The summed E-state index contributed by atoms with van der Waals surface area (Å²) in [5.41, 5.74) is 7.21. The Morgan fingerprint density at radius 3 is 2.50 bits per heavy atom.